The van der Waals surface area contributed by atoms with E-state index < -0.39 is 10.1 Å². The summed E-state index contributed by atoms with van der Waals surface area (Å²) in [6.45, 7) is 6.24. The van der Waals surface area contributed by atoms with Crippen LogP contribution in [0.2, 0.25) is 10.0 Å². The highest BCUT2D eigenvalue weighted by atomic mass is 35.5. The fourth-order valence-electron chi connectivity index (χ4n) is 1.82. The predicted octanol–water partition coefficient (Wildman–Crippen LogP) is 5.06. The Balaban J connectivity index is 2.27. The smallest absolute Gasteiger partial charge is 0.339 e. The molecule has 0 unspecified atom stereocenters. The van der Waals surface area contributed by atoms with E-state index in [1.807, 2.05) is 12.1 Å². The highest BCUT2D eigenvalue weighted by molar-refractivity contribution is 7.87. The van der Waals surface area contributed by atoms with Crippen molar-refractivity contribution in [1.29, 1.82) is 0 Å². The summed E-state index contributed by atoms with van der Waals surface area (Å²) in [5, 5.41) is 0.449. The molecule has 3 nitrogen and oxygen atoms in total. The van der Waals surface area contributed by atoms with Gasteiger partial charge in [0.05, 0.1) is 10.0 Å². The lowest BCUT2D eigenvalue weighted by Gasteiger charge is -2.19. The van der Waals surface area contributed by atoms with Crippen LogP contribution in [0.25, 0.3) is 0 Å². The first-order chi connectivity index (χ1) is 10.1. The van der Waals surface area contributed by atoms with Crippen LogP contribution in [0.5, 0.6) is 5.75 Å². The van der Waals surface area contributed by atoms with Crippen molar-refractivity contribution in [3.8, 4) is 5.75 Å². The van der Waals surface area contributed by atoms with Crippen LogP contribution in [0.3, 0.4) is 0 Å². The van der Waals surface area contributed by atoms with Crippen molar-refractivity contribution in [2.45, 2.75) is 31.1 Å². The number of halogens is 2. The molecule has 2 aromatic rings. The van der Waals surface area contributed by atoms with Gasteiger partial charge >= 0.3 is 10.1 Å². The van der Waals surface area contributed by atoms with Crippen molar-refractivity contribution in [2.75, 3.05) is 0 Å². The maximum absolute atomic E-state index is 12.2. The monoisotopic (exact) mass is 358 g/mol. The molecule has 2 aromatic carbocycles. The number of rotatable bonds is 3. The second kappa shape index (κ2) is 6.11. The van der Waals surface area contributed by atoms with Crippen LogP contribution in [0.4, 0.5) is 0 Å². The Morgan fingerprint density at radius 1 is 0.909 bits per heavy atom. The Bertz CT molecular complexity index is 776. The van der Waals surface area contributed by atoms with E-state index in [0.717, 1.165) is 5.56 Å². The molecule has 22 heavy (non-hydrogen) atoms. The fraction of sp³-hybridized carbons (Fsp3) is 0.250. The molecule has 0 fully saturated rings. The second-order valence-electron chi connectivity index (χ2n) is 5.89. The number of hydrogen-bond donors (Lipinski definition) is 0. The van der Waals surface area contributed by atoms with Crippen molar-refractivity contribution in [3.63, 3.8) is 0 Å². The summed E-state index contributed by atoms with van der Waals surface area (Å²) in [6, 6.07) is 11.0. The lowest BCUT2D eigenvalue weighted by molar-refractivity contribution is 0.485. The van der Waals surface area contributed by atoms with Gasteiger partial charge in [0.15, 0.2) is 0 Å². The normalized spacial score (nSPS) is 12.2. The predicted molar refractivity (Wildman–Crippen MR) is 89.4 cm³/mol. The molecule has 118 valence electrons. The molecule has 0 saturated heterocycles. The van der Waals surface area contributed by atoms with Gasteiger partial charge in [0.25, 0.3) is 0 Å². The van der Waals surface area contributed by atoms with Gasteiger partial charge in [-0.2, -0.15) is 8.42 Å². The third-order valence-corrected chi connectivity index (χ3v) is 5.09. The number of benzene rings is 2. The average molecular weight is 359 g/mol. The van der Waals surface area contributed by atoms with Crippen LogP contribution >= 0.6 is 23.2 Å². The highest BCUT2D eigenvalue weighted by Crippen LogP contribution is 2.28. The molecule has 0 amide bonds. The molecule has 0 bridgehead atoms. The van der Waals surface area contributed by atoms with Gasteiger partial charge in [-0.1, -0.05) is 56.1 Å². The summed E-state index contributed by atoms with van der Waals surface area (Å²) in [6.07, 6.45) is 0. The molecule has 2 rings (SSSR count). The summed E-state index contributed by atoms with van der Waals surface area (Å²) in [4.78, 5) is -0.0400. The van der Waals surface area contributed by atoms with Crippen molar-refractivity contribution in [3.05, 3.63) is 58.1 Å². The molecule has 0 aliphatic carbocycles. The molecule has 0 aliphatic heterocycles. The van der Waals surface area contributed by atoms with Crippen LogP contribution < -0.4 is 4.18 Å². The van der Waals surface area contributed by atoms with Gasteiger partial charge in [0.2, 0.25) is 0 Å². The molecular formula is C16H16Cl2O3S. The van der Waals surface area contributed by atoms with E-state index in [9.17, 15) is 8.42 Å². The van der Waals surface area contributed by atoms with Crippen LogP contribution in [-0.4, -0.2) is 8.42 Å². The lowest BCUT2D eigenvalue weighted by Crippen LogP contribution is -2.12. The molecule has 0 aromatic heterocycles. The van der Waals surface area contributed by atoms with Crippen molar-refractivity contribution >= 4 is 33.3 Å². The van der Waals surface area contributed by atoms with Crippen molar-refractivity contribution in [2.24, 2.45) is 0 Å². The molecule has 6 heteroatoms. The van der Waals surface area contributed by atoms with E-state index in [1.165, 1.54) is 18.2 Å². The van der Waals surface area contributed by atoms with E-state index >= 15 is 0 Å². The maximum atomic E-state index is 12.2. The summed E-state index contributed by atoms with van der Waals surface area (Å²) in [5.74, 6) is 0.249. The maximum Gasteiger partial charge on any atom is 0.339 e. The first-order valence-electron chi connectivity index (χ1n) is 6.60. The molecule has 0 N–H and O–H groups in total. The van der Waals surface area contributed by atoms with Crippen LogP contribution in [-0.2, 0) is 15.5 Å². The molecule has 0 aliphatic rings. The quantitative estimate of drug-likeness (QED) is 0.720. The van der Waals surface area contributed by atoms with E-state index in [4.69, 9.17) is 27.4 Å². The SMILES string of the molecule is CC(C)(C)c1ccc(OS(=O)(=O)c2ccc(Cl)c(Cl)c2)cc1. The van der Waals surface area contributed by atoms with Crippen LogP contribution in [0.1, 0.15) is 26.3 Å². The summed E-state index contributed by atoms with van der Waals surface area (Å²) < 4.78 is 29.6. The van der Waals surface area contributed by atoms with Crippen LogP contribution in [0, 0.1) is 0 Å². The van der Waals surface area contributed by atoms with Crippen molar-refractivity contribution < 1.29 is 12.6 Å². The largest absolute Gasteiger partial charge is 0.379 e. The van der Waals surface area contributed by atoms with E-state index in [-0.39, 0.29) is 26.1 Å². The third-order valence-electron chi connectivity index (χ3n) is 3.11. The fourth-order valence-corrected chi connectivity index (χ4v) is 3.14. The summed E-state index contributed by atoms with van der Waals surface area (Å²) in [7, 11) is -3.94. The molecule has 0 heterocycles. The zero-order valence-corrected chi connectivity index (χ0v) is 14.8. The second-order valence-corrected chi connectivity index (χ2v) is 8.25. The zero-order valence-electron chi connectivity index (χ0n) is 12.4. The Labute approximate surface area is 141 Å². The lowest BCUT2D eigenvalue weighted by atomic mass is 9.87. The van der Waals surface area contributed by atoms with E-state index in [1.54, 1.807) is 12.1 Å². The minimum atomic E-state index is -3.94. The Morgan fingerprint density at radius 2 is 1.50 bits per heavy atom. The average Bonchev–Trinajstić information content (AvgIpc) is 2.41. The molecule has 0 radical (unpaired) electrons. The van der Waals surface area contributed by atoms with E-state index in [2.05, 4.69) is 20.8 Å². The van der Waals surface area contributed by atoms with Gasteiger partial charge < -0.3 is 4.18 Å². The van der Waals surface area contributed by atoms with E-state index in [0.29, 0.717) is 0 Å². The summed E-state index contributed by atoms with van der Waals surface area (Å²) in [5.41, 5.74) is 1.08. The van der Waals surface area contributed by atoms with Gasteiger partial charge in [-0.05, 0) is 41.3 Å². The molecular weight excluding hydrogens is 343 g/mol. The molecule has 0 spiro atoms. The molecule has 0 atom stereocenters. The van der Waals surface area contributed by atoms with Gasteiger partial charge in [0, 0.05) is 0 Å². The van der Waals surface area contributed by atoms with Gasteiger partial charge in [-0.3, -0.25) is 0 Å². The number of hydrogen-bond acceptors (Lipinski definition) is 3. The summed E-state index contributed by atoms with van der Waals surface area (Å²) >= 11 is 11.6. The third kappa shape index (κ3) is 3.94. The Kier molecular flexibility index (Phi) is 4.76. The van der Waals surface area contributed by atoms with Crippen LogP contribution in [0.15, 0.2) is 47.4 Å². The zero-order chi connectivity index (χ0) is 16.5. The Morgan fingerprint density at radius 3 is 2.00 bits per heavy atom. The first kappa shape index (κ1) is 17.1. The molecule has 0 saturated carbocycles. The van der Waals surface area contributed by atoms with Gasteiger partial charge in [-0.25, -0.2) is 0 Å². The first-order valence-corrected chi connectivity index (χ1v) is 8.76. The van der Waals surface area contributed by atoms with Gasteiger partial charge in [0.1, 0.15) is 10.6 Å². The standard InChI is InChI=1S/C16H16Cl2O3S/c1-16(2,3)11-4-6-12(7-5-11)21-22(19,20)13-8-9-14(17)15(18)10-13/h4-10H,1-3H3. The minimum absolute atomic E-state index is 0.0128. The Hall–Kier alpha value is -1.23. The topological polar surface area (TPSA) is 43.4 Å². The minimum Gasteiger partial charge on any atom is -0.379 e. The van der Waals surface area contributed by atoms with Crippen molar-refractivity contribution in [1.82, 2.24) is 0 Å². The highest BCUT2D eigenvalue weighted by Gasteiger charge is 2.19. The van der Waals surface area contributed by atoms with Gasteiger partial charge in [-0.15, -0.1) is 0 Å².